The predicted molar refractivity (Wildman–Crippen MR) is 77.2 cm³/mol. The number of nitrogens with two attached hydrogens (primary N) is 1. The Hall–Kier alpha value is -0.870. The number of hydrogen-bond acceptors (Lipinski definition) is 3. The highest BCUT2D eigenvalue weighted by molar-refractivity contribution is 7.85. The molecular formula is C14H22N2OS. The molecule has 18 heavy (non-hydrogen) atoms. The second-order valence-corrected chi connectivity index (χ2v) is 6.48. The van der Waals surface area contributed by atoms with Gasteiger partial charge in [0.15, 0.2) is 0 Å². The molecular weight excluding hydrogens is 244 g/mol. The third-order valence-corrected chi connectivity index (χ3v) is 5.04. The minimum Gasteiger partial charge on any atom is -0.398 e. The van der Waals surface area contributed by atoms with Crippen LogP contribution in [0.15, 0.2) is 23.1 Å². The molecule has 0 radical (unpaired) electrons. The van der Waals surface area contributed by atoms with Crippen molar-refractivity contribution < 1.29 is 4.21 Å². The Bertz CT molecular complexity index is 428. The molecule has 3 nitrogen and oxygen atoms in total. The summed E-state index contributed by atoms with van der Waals surface area (Å²) in [6.07, 6.45) is 3.61. The topological polar surface area (TPSA) is 46.3 Å². The van der Waals surface area contributed by atoms with Gasteiger partial charge in [0.05, 0.1) is 21.4 Å². The quantitative estimate of drug-likeness (QED) is 0.831. The molecule has 1 aromatic rings. The average molecular weight is 266 g/mol. The fourth-order valence-corrected chi connectivity index (χ4v) is 3.64. The lowest BCUT2D eigenvalue weighted by atomic mass is 10.2. The number of nitrogen functional groups attached to an aromatic ring is 1. The van der Waals surface area contributed by atoms with Crippen molar-refractivity contribution in [2.24, 2.45) is 0 Å². The van der Waals surface area contributed by atoms with Crippen LogP contribution in [0.25, 0.3) is 0 Å². The lowest BCUT2D eigenvalue weighted by molar-refractivity contribution is 0.340. The van der Waals surface area contributed by atoms with Crippen LogP contribution in [0.1, 0.15) is 24.8 Å². The van der Waals surface area contributed by atoms with E-state index in [2.05, 4.69) is 4.90 Å². The zero-order valence-corrected chi connectivity index (χ0v) is 11.8. The van der Waals surface area contributed by atoms with Gasteiger partial charge in [-0.25, -0.2) is 0 Å². The molecule has 100 valence electrons. The summed E-state index contributed by atoms with van der Waals surface area (Å²) in [6, 6.07) is 5.77. The van der Waals surface area contributed by atoms with E-state index in [1.54, 1.807) is 0 Å². The Morgan fingerprint density at radius 3 is 2.78 bits per heavy atom. The van der Waals surface area contributed by atoms with Crippen molar-refractivity contribution in [3.05, 3.63) is 23.8 Å². The smallest absolute Gasteiger partial charge is 0.0620 e. The van der Waals surface area contributed by atoms with Crippen LogP contribution in [-0.4, -0.2) is 34.5 Å². The molecule has 1 heterocycles. The van der Waals surface area contributed by atoms with Crippen molar-refractivity contribution >= 4 is 16.5 Å². The fourth-order valence-electron chi connectivity index (χ4n) is 2.39. The van der Waals surface area contributed by atoms with E-state index < -0.39 is 10.8 Å². The summed E-state index contributed by atoms with van der Waals surface area (Å²) in [5.41, 5.74) is 7.68. The van der Waals surface area contributed by atoms with Gasteiger partial charge in [0.1, 0.15) is 0 Å². The highest BCUT2D eigenvalue weighted by Crippen LogP contribution is 2.20. The molecule has 2 rings (SSSR count). The van der Waals surface area contributed by atoms with Gasteiger partial charge >= 0.3 is 0 Å². The van der Waals surface area contributed by atoms with E-state index in [9.17, 15) is 4.21 Å². The number of anilines is 1. The van der Waals surface area contributed by atoms with Crippen LogP contribution in [-0.2, 0) is 10.8 Å². The van der Waals surface area contributed by atoms with Crippen molar-refractivity contribution in [2.45, 2.75) is 31.1 Å². The number of likely N-dealkylation sites (tertiary alicyclic amines) is 1. The number of rotatable bonds is 5. The summed E-state index contributed by atoms with van der Waals surface area (Å²) < 4.78 is 12.2. The maximum atomic E-state index is 12.2. The largest absolute Gasteiger partial charge is 0.398 e. The van der Waals surface area contributed by atoms with Crippen molar-refractivity contribution in [1.29, 1.82) is 0 Å². The Morgan fingerprint density at radius 2 is 2.06 bits per heavy atom. The molecule has 0 bridgehead atoms. The van der Waals surface area contributed by atoms with Crippen LogP contribution in [0.2, 0.25) is 0 Å². The molecule has 0 amide bonds. The van der Waals surface area contributed by atoms with Gasteiger partial charge in [0, 0.05) is 5.75 Å². The van der Waals surface area contributed by atoms with Gasteiger partial charge < -0.3 is 10.6 Å². The molecule has 0 saturated carbocycles. The summed E-state index contributed by atoms with van der Waals surface area (Å²) in [7, 11) is -0.957. The van der Waals surface area contributed by atoms with E-state index in [1.165, 1.54) is 25.9 Å². The molecule has 0 spiro atoms. The van der Waals surface area contributed by atoms with Crippen molar-refractivity contribution in [3.63, 3.8) is 0 Å². The zero-order valence-electron chi connectivity index (χ0n) is 11.0. The second kappa shape index (κ2) is 6.34. The summed E-state index contributed by atoms with van der Waals surface area (Å²) in [5.74, 6) is 0.712. The van der Waals surface area contributed by atoms with E-state index in [1.807, 2.05) is 25.1 Å². The van der Waals surface area contributed by atoms with Crippen LogP contribution >= 0.6 is 0 Å². The van der Waals surface area contributed by atoms with Crippen LogP contribution in [0.3, 0.4) is 0 Å². The van der Waals surface area contributed by atoms with E-state index >= 15 is 0 Å². The van der Waals surface area contributed by atoms with Gasteiger partial charge in [-0.2, -0.15) is 0 Å². The van der Waals surface area contributed by atoms with Crippen LogP contribution in [0.5, 0.6) is 0 Å². The van der Waals surface area contributed by atoms with Gasteiger partial charge in [0.25, 0.3) is 0 Å². The molecule has 1 atom stereocenters. The van der Waals surface area contributed by atoms with Crippen molar-refractivity contribution in [2.75, 3.05) is 31.1 Å². The number of nitrogens with zero attached hydrogens (tertiary/aromatic N) is 1. The van der Waals surface area contributed by atoms with Gasteiger partial charge in [-0.3, -0.25) is 4.21 Å². The first-order valence-corrected chi connectivity index (χ1v) is 7.96. The molecule has 1 aromatic carbocycles. The van der Waals surface area contributed by atoms with Crippen LogP contribution in [0, 0.1) is 6.92 Å². The molecule has 1 aliphatic heterocycles. The molecule has 4 heteroatoms. The lowest BCUT2D eigenvalue weighted by Crippen LogP contribution is -2.21. The predicted octanol–water partition coefficient (Wildman–Crippen LogP) is 2.17. The second-order valence-electron chi connectivity index (χ2n) is 4.94. The molecule has 1 saturated heterocycles. The third kappa shape index (κ3) is 3.33. The normalized spacial score (nSPS) is 18.1. The molecule has 1 fully saturated rings. The molecule has 2 N–H and O–H groups in total. The number of hydrogen-bond donors (Lipinski definition) is 1. The lowest BCUT2D eigenvalue weighted by Gasteiger charge is -2.14. The van der Waals surface area contributed by atoms with Crippen molar-refractivity contribution in [3.8, 4) is 0 Å². The maximum Gasteiger partial charge on any atom is 0.0620 e. The van der Waals surface area contributed by atoms with Crippen LogP contribution in [0.4, 0.5) is 5.69 Å². The van der Waals surface area contributed by atoms with Gasteiger partial charge in [-0.1, -0.05) is 12.1 Å². The zero-order chi connectivity index (χ0) is 13.0. The SMILES string of the molecule is Cc1cccc(S(=O)CCCN2CCCC2)c1N. The highest BCUT2D eigenvalue weighted by atomic mass is 32.2. The monoisotopic (exact) mass is 266 g/mol. The first-order chi connectivity index (χ1) is 8.68. The van der Waals surface area contributed by atoms with Crippen molar-refractivity contribution in [1.82, 2.24) is 4.90 Å². The number of aryl methyl sites for hydroxylation is 1. The standard InChI is InChI=1S/C14H22N2OS/c1-12-6-4-7-13(14(12)15)18(17)11-5-10-16-8-2-3-9-16/h4,6-7H,2-3,5,8-11,15H2,1H3. The van der Waals surface area contributed by atoms with Crippen LogP contribution < -0.4 is 5.73 Å². The Morgan fingerprint density at radius 1 is 1.33 bits per heavy atom. The Labute approximate surface area is 112 Å². The summed E-state index contributed by atoms with van der Waals surface area (Å²) in [6.45, 7) is 5.44. The van der Waals surface area contributed by atoms with Gasteiger partial charge in [0.2, 0.25) is 0 Å². The Kier molecular flexibility index (Phi) is 4.78. The minimum atomic E-state index is -0.957. The van der Waals surface area contributed by atoms with E-state index in [0.29, 0.717) is 11.4 Å². The first kappa shape index (κ1) is 13.6. The maximum absolute atomic E-state index is 12.2. The van der Waals surface area contributed by atoms with E-state index in [4.69, 9.17) is 5.73 Å². The summed E-state index contributed by atoms with van der Waals surface area (Å²) in [4.78, 5) is 3.26. The van der Waals surface area contributed by atoms with Gasteiger partial charge in [-0.15, -0.1) is 0 Å². The van der Waals surface area contributed by atoms with Gasteiger partial charge in [-0.05, 0) is 57.5 Å². The summed E-state index contributed by atoms with van der Waals surface area (Å²) in [5, 5.41) is 0. The fraction of sp³-hybridized carbons (Fsp3) is 0.571. The van der Waals surface area contributed by atoms with E-state index in [0.717, 1.165) is 23.4 Å². The molecule has 1 unspecified atom stereocenters. The molecule has 0 aromatic heterocycles. The van der Waals surface area contributed by atoms with E-state index in [-0.39, 0.29) is 0 Å². The first-order valence-electron chi connectivity index (χ1n) is 6.64. The molecule has 0 aliphatic carbocycles. The third-order valence-electron chi connectivity index (χ3n) is 3.53. The minimum absolute atomic E-state index is 0.692. The highest BCUT2D eigenvalue weighted by Gasteiger charge is 2.13. The Balaban J connectivity index is 1.85. The summed E-state index contributed by atoms with van der Waals surface area (Å²) >= 11 is 0. The number of benzene rings is 1. The molecule has 1 aliphatic rings. The average Bonchev–Trinajstić information content (AvgIpc) is 2.85. The number of para-hydroxylation sites is 1.